The van der Waals surface area contributed by atoms with Crippen molar-refractivity contribution in [2.45, 2.75) is 18.8 Å². The second kappa shape index (κ2) is 10.0. The molecule has 34 heavy (non-hydrogen) atoms. The molecule has 0 bridgehead atoms. The summed E-state index contributed by atoms with van der Waals surface area (Å²) in [6.07, 6.45) is 3.02. The number of hydrogen-bond acceptors (Lipinski definition) is 4. The minimum atomic E-state index is -5.72. The van der Waals surface area contributed by atoms with Crippen molar-refractivity contribution < 1.29 is 37.8 Å². The Labute approximate surface area is 204 Å². The monoisotopic (exact) mass is 580 g/mol. The topological polar surface area (TPSA) is 131 Å². The van der Waals surface area contributed by atoms with Gasteiger partial charge in [-0.2, -0.15) is 8.78 Å². The van der Waals surface area contributed by atoms with E-state index in [-0.39, 0.29) is 28.3 Å². The highest BCUT2D eigenvalue weighted by atomic mass is 79.9. The maximum absolute atomic E-state index is 14.0. The van der Waals surface area contributed by atoms with Gasteiger partial charge in [0.2, 0.25) is 0 Å². The van der Waals surface area contributed by atoms with Crippen LogP contribution in [0.3, 0.4) is 0 Å². The number of aliphatic carboxylic acids is 1. The van der Waals surface area contributed by atoms with Gasteiger partial charge in [0, 0.05) is 22.4 Å². The Hall–Kier alpha value is -2.50. The van der Waals surface area contributed by atoms with Crippen molar-refractivity contribution in [3.63, 3.8) is 0 Å². The van der Waals surface area contributed by atoms with E-state index in [9.17, 15) is 22.9 Å². The molecule has 0 atom stereocenters. The molecule has 14 heteroatoms. The molecule has 1 aromatic heterocycles. The van der Waals surface area contributed by atoms with E-state index in [2.05, 4.69) is 15.9 Å². The maximum atomic E-state index is 14.0. The SMILES string of the molecule is O=C(O)COc1ccc(Cn2ccn(Cc3ccc(C(F)(F)P(=O)(O)O)c(Br)c3)c2=O)cc1Cl. The molecule has 0 saturated carbocycles. The summed E-state index contributed by atoms with van der Waals surface area (Å²) in [5, 5.41) is 8.86. The molecule has 3 aromatic rings. The van der Waals surface area contributed by atoms with Gasteiger partial charge in [0.15, 0.2) is 6.61 Å². The summed E-state index contributed by atoms with van der Waals surface area (Å²) in [7, 11) is -5.72. The number of nitrogens with zero attached hydrogens (tertiary/aromatic N) is 2. The Morgan fingerprint density at radius 2 is 1.65 bits per heavy atom. The molecule has 0 aliphatic carbocycles. The number of alkyl halides is 2. The first kappa shape index (κ1) is 26.1. The van der Waals surface area contributed by atoms with Crippen LogP contribution in [0.25, 0.3) is 0 Å². The predicted octanol–water partition coefficient (Wildman–Crippen LogP) is 3.85. The van der Waals surface area contributed by atoms with Gasteiger partial charge in [0.05, 0.1) is 18.1 Å². The molecule has 0 radical (unpaired) electrons. The number of carboxylic acid groups (broad SMARTS) is 1. The lowest BCUT2D eigenvalue weighted by atomic mass is 10.1. The molecule has 3 N–H and O–H groups in total. The number of carbonyl (C=O) groups is 1. The summed E-state index contributed by atoms with van der Waals surface area (Å²) in [4.78, 5) is 41.2. The summed E-state index contributed by atoms with van der Waals surface area (Å²) in [6, 6.07) is 8.08. The van der Waals surface area contributed by atoms with E-state index in [0.717, 1.165) is 6.07 Å². The Balaban J connectivity index is 1.76. The second-order valence-electron chi connectivity index (χ2n) is 7.18. The summed E-state index contributed by atoms with van der Waals surface area (Å²) < 4.78 is 46.7. The molecule has 182 valence electrons. The lowest BCUT2D eigenvalue weighted by Gasteiger charge is -2.19. The molecule has 0 unspecified atom stereocenters. The zero-order chi connectivity index (χ0) is 25.3. The first-order valence-corrected chi connectivity index (χ1v) is 12.2. The highest BCUT2D eigenvalue weighted by Crippen LogP contribution is 2.60. The van der Waals surface area contributed by atoms with Crippen LogP contribution in [0.2, 0.25) is 5.02 Å². The molecular formula is C20H17BrClF2N2O7P. The van der Waals surface area contributed by atoms with Crippen LogP contribution in [0.5, 0.6) is 5.75 Å². The van der Waals surface area contributed by atoms with Gasteiger partial charge in [-0.05, 0) is 29.3 Å². The molecular weight excluding hydrogens is 565 g/mol. The molecule has 1 heterocycles. The van der Waals surface area contributed by atoms with Crippen molar-refractivity contribution in [3.8, 4) is 5.75 Å². The fourth-order valence-electron chi connectivity index (χ4n) is 3.04. The van der Waals surface area contributed by atoms with Gasteiger partial charge in [-0.1, -0.05) is 45.7 Å². The third kappa shape index (κ3) is 5.76. The van der Waals surface area contributed by atoms with Gasteiger partial charge in [0.25, 0.3) is 0 Å². The molecule has 0 aliphatic heterocycles. The normalized spacial score (nSPS) is 12.1. The zero-order valence-corrected chi connectivity index (χ0v) is 20.3. The average Bonchev–Trinajstić information content (AvgIpc) is 3.05. The predicted molar refractivity (Wildman–Crippen MR) is 122 cm³/mol. The third-order valence-corrected chi connectivity index (χ3v) is 6.62. The van der Waals surface area contributed by atoms with Crippen LogP contribution in [0, 0.1) is 0 Å². The van der Waals surface area contributed by atoms with Crippen molar-refractivity contribution >= 4 is 41.1 Å². The van der Waals surface area contributed by atoms with E-state index in [1.54, 1.807) is 12.1 Å². The lowest BCUT2D eigenvalue weighted by Crippen LogP contribution is -2.25. The lowest BCUT2D eigenvalue weighted by molar-refractivity contribution is -0.139. The summed E-state index contributed by atoms with van der Waals surface area (Å²) in [5.74, 6) is -0.957. The number of carboxylic acids is 1. The fourth-order valence-corrected chi connectivity index (χ4v) is 4.64. The standard InChI is InChI=1S/C20H17BrClF2N2O7P/c21-15-7-12(1-3-14(15)20(23,24)34(30,31)32)9-25-5-6-26(19(25)29)10-13-2-4-17(16(22)8-13)33-11-18(27)28/h1-8H,9-11H2,(H,27,28)(H2,30,31,32). The number of rotatable bonds is 9. The molecule has 9 nitrogen and oxygen atoms in total. The van der Waals surface area contributed by atoms with E-state index in [1.807, 2.05) is 0 Å². The fraction of sp³-hybridized carbons (Fsp3) is 0.200. The molecule has 3 rings (SSSR count). The van der Waals surface area contributed by atoms with Crippen molar-refractivity contribution in [2.75, 3.05) is 6.61 Å². The Morgan fingerprint density at radius 1 is 1.09 bits per heavy atom. The molecule has 2 aromatic carbocycles. The van der Waals surface area contributed by atoms with Crippen molar-refractivity contribution in [2.24, 2.45) is 0 Å². The zero-order valence-electron chi connectivity index (χ0n) is 17.1. The molecule has 0 amide bonds. The molecule has 0 fully saturated rings. The molecule has 0 aliphatic rings. The summed E-state index contributed by atoms with van der Waals surface area (Å²) in [6.45, 7) is -0.369. The number of imidazole rings is 1. The summed E-state index contributed by atoms with van der Waals surface area (Å²) in [5.41, 5.74) is -4.52. The van der Waals surface area contributed by atoms with Gasteiger partial charge < -0.3 is 19.6 Å². The largest absolute Gasteiger partial charge is 0.480 e. The van der Waals surface area contributed by atoms with Gasteiger partial charge in [0.1, 0.15) is 5.75 Å². The van der Waals surface area contributed by atoms with Gasteiger partial charge in [-0.3, -0.25) is 13.7 Å². The van der Waals surface area contributed by atoms with Crippen molar-refractivity contribution in [3.05, 3.63) is 85.5 Å². The first-order valence-electron chi connectivity index (χ1n) is 9.40. The number of aromatic nitrogens is 2. The highest BCUT2D eigenvalue weighted by Gasteiger charge is 2.51. The number of ether oxygens (including phenoxy) is 1. The number of benzene rings is 2. The summed E-state index contributed by atoms with van der Waals surface area (Å²) >= 11 is 9.02. The van der Waals surface area contributed by atoms with E-state index in [0.29, 0.717) is 11.1 Å². The molecule has 0 spiro atoms. The van der Waals surface area contributed by atoms with Crippen LogP contribution in [0.4, 0.5) is 8.78 Å². The first-order chi connectivity index (χ1) is 15.8. The third-order valence-electron chi connectivity index (χ3n) is 4.69. The van der Waals surface area contributed by atoms with Crippen molar-refractivity contribution in [1.29, 1.82) is 0 Å². The van der Waals surface area contributed by atoms with Gasteiger partial charge >= 0.3 is 24.9 Å². The van der Waals surface area contributed by atoms with Crippen LogP contribution in [-0.4, -0.2) is 36.6 Å². The van der Waals surface area contributed by atoms with E-state index in [4.69, 9.17) is 31.2 Å². The maximum Gasteiger partial charge on any atom is 0.399 e. The van der Waals surface area contributed by atoms with E-state index >= 15 is 0 Å². The van der Waals surface area contributed by atoms with Gasteiger partial charge in [-0.25, -0.2) is 9.59 Å². The van der Waals surface area contributed by atoms with E-state index < -0.39 is 37.1 Å². The smallest absolute Gasteiger partial charge is 0.399 e. The van der Waals surface area contributed by atoms with Gasteiger partial charge in [-0.15, -0.1) is 0 Å². The molecule has 0 saturated heterocycles. The van der Waals surface area contributed by atoms with Crippen LogP contribution in [0.15, 0.2) is 58.1 Å². The van der Waals surface area contributed by atoms with Crippen molar-refractivity contribution in [1.82, 2.24) is 9.13 Å². The minimum Gasteiger partial charge on any atom is -0.480 e. The van der Waals surface area contributed by atoms with Crippen LogP contribution in [-0.2, 0) is 28.1 Å². The van der Waals surface area contributed by atoms with E-state index in [1.165, 1.54) is 39.7 Å². The Bertz CT molecular complexity index is 1340. The highest BCUT2D eigenvalue weighted by molar-refractivity contribution is 9.10. The van der Waals surface area contributed by atoms with Crippen LogP contribution in [0.1, 0.15) is 16.7 Å². The Kier molecular flexibility index (Phi) is 7.69. The number of hydrogen-bond donors (Lipinski definition) is 3. The quantitative estimate of drug-likeness (QED) is 0.327. The van der Waals surface area contributed by atoms with Crippen LogP contribution < -0.4 is 10.4 Å². The number of halogens is 4. The van der Waals surface area contributed by atoms with Crippen LogP contribution >= 0.6 is 35.1 Å². The Morgan fingerprint density at radius 3 is 2.15 bits per heavy atom. The minimum absolute atomic E-state index is 0.0227. The average molecular weight is 582 g/mol. The second-order valence-corrected chi connectivity index (χ2v) is 10.1.